The average Bonchev–Trinajstić information content (AvgIpc) is 3.47. The van der Waals surface area contributed by atoms with Crippen molar-refractivity contribution in [2.75, 3.05) is 13.2 Å². The second-order valence-corrected chi connectivity index (χ2v) is 25.2. The van der Waals surface area contributed by atoms with Gasteiger partial charge in [-0.05, 0) is 70.6 Å². The van der Waals surface area contributed by atoms with E-state index in [9.17, 15) is 14.4 Å². The summed E-state index contributed by atoms with van der Waals surface area (Å²) >= 11 is 0. The smallest absolute Gasteiger partial charge is 0.306 e. The Hall–Kier alpha value is -2.11. The van der Waals surface area contributed by atoms with Crippen molar-refractivity contribution >= 4 is 17.9 Å². The Kier molecular flexibility index (Phi) is 68.5. The topological polar surface area (TPSA) is 78.9 Å². The Balaban J connectivity index is 4.15. The van der Waals surface area contributed by atoms with Crippen LogP contribution in [0, 0.1) is 0 Å². The molecule has 0 aliphatic heterocycles. The van der Waals surface area contributed by atoms with Crippen molar-refractivity contribution in [1.82, 2.24) is 0 Å². The van der Waals surface area contributed by atoms with Gasteiger partial charge in [0.25, 0.3) is 0 Å². The van der Waals surface area contributed by atoms with Crippen molar-refractivity contribution in [2.45, 2.75) is 425 Å². The molecule has 1 atom stereocenters. The zero-order valence-corrected chi connectivity index (χ0v) is 55.1. The van der Waals surface area contributed by atoms with E-state index in [4.69, 9.17) is 14.2 Å². The highest BCUT2D eigenvalue weighted by Crippen LogP contribution is 2.19. The number of allylic oxidation sites excluding steroid dienone is 4. The molecule has 0 amide bonds. The Morgan fingerprint density at radius 1 is 0.235 bits per heavy atom. The lowest BCUT2D eigenvalue weighted by molar-refractivity contribution is -0.167. The van der Waals surface area contributed by atoms with E-state index in [2.05, 4.69) is 45.1 Å². The largest absolute Gasteiger partial charge is 0.462 e. The van der Waals surface area contributed by atoms with E-state index in [1.54, 1.807) is 0 Å². The van der Waals surface area contributed by atoms with Crippen molar-refractivity contribution in [3.05, 3.63) is 24.3 Å². The molecule has 1 unspecified atom stereocenters. The van der Waals surface area contributed by atoms with Gasteiger partial charge in [0.1, 0.15) is 13.2 Å². The molecule has 0 rings (SSSR count). The number of ether oxygens (including phenoxy) is 3. The highest BCUT2D eigenvalue weighted by atomic mass is 16.6. The van der Waals surface area contributed by atoms with Gasteiger partial charge >= 0.3 is 17.9 Å². The van der Waals surface area contributed by atoms with Crippen LogP contribution in [-0.2, 0) is 28.6 Å². The molecule has 81 heavy (non-hydrogen) atoms. The maximum Gasteiger partial charge on any atom is 0.306 e. The van der Waals surface area contributed by atoms with Crippen LogP contribution in [0.25, 0.3) is 0 Å². The third-order valence-electron chi connectivity index (χ3n) is 16.9. The number of carbonyl (C=O) groups excluding carboxylic acids is 3. The molecule has 0 saturated heterocycles. The van der Waals surface area contributed by atoms with Crippen LogP contribution in [0.4, 0.5) is 0 Å². The van der Waals surface area contributed by atoms with Gasteiger partial charge in [0.2, 0.25) is 0 Å². The maximum absolute atomic E-state index is 13.0. The molecule has 478 valence electrons. The van der Waals surface area contributed by atoms with Crippen molar-refractivity contribution < 1.29 is 28.6 Å². The first-order valence-corrected chi connectivity index (χ1v) is 36.8. The highest BCUT2D eigenvalue weighted by molar-refractivity contribution is 5.71. The quantitative estimate of drug-likeness (QED) is 0.0261. The van der Waals surface area contributed by atoms with Gasteiger partial charge in [-0.25, -0.2) is 0 Å². The van der Waals surface area contributed by atoms with E-state index in [1.165, 1.54) is 315 Å². The Labute approximate surface area is 506 Å². The molecule has 0 aromatic carbocycles. The lowest BCUT2D eigenvalue weighted by Gasteiger charge is -2.18. The van der Waals surface area contributed by atoms with E-state index in [-0.39, 0.29) is 31.1 Å². The van der Waals surface area contributed by atoms with Gasteiger partial charge in [0.15, 0.2) is 6.10 Å². The first-order valence-electron chi connectivity index (χ1n) is 36.8. The van der Waals surface area contributed by atoms with E-state index in [0.717, 1.165) is 64.2 Å². The lowest BCUT2D eigenvalue weighted by atomic mass is 10.0. The summed E-state index contributed by atoms with van der Waals surface area (Å²) in [5.41, 5.74) is 0. The van der Waals surface area contributed by atoms with Crippen molar-refractivity contribution in [3.63, 3.8) is 0 Å². The Morgan fingerprint density at radius 3 is 0.642 bits per heavy atom. The number of carbonyl (C=O) groups is 3. The standard InChI is InChI=1S/C75H142O6/c1-4-7-10-13-16-19-22-25-27-29-31-33-35-36-37-38-39-40-41-43-44-46-48-50-53-56-59-62-65-68-74(77)80-71-72(70-79-73(76)67-64-61-58-55-52-24-21-18-15-12-9-6-3)81-75(78)69-66-63-60-57-54-51-49-47-45-42-34-32-30-28-26-23-20-17-14-11-8-5-2/h18,21,29,31,72H,4-17,19-20,22-28,30,32-71H2,1-3H3/b21-18-,31-29-. The summed E-state index contributed by atoms with van der Waals surface area (Å²) < 4.78 is 17.0. The molecule has 6 heteroatoms. The third-order valence-corrected chi connectivity index (χ3v) is 16.9. The van der Waals surface area contributed by atoms with Crippen LogP contribution in [0.5, 0.6) is 0 Å². The second kappa shape index (κ2) is 70.4. The molecule has 0 N–H and O–H groups in total. The molecule has 0 heterocycles. The minimum atomic E-state index is -0.771. The molecular weight excluding hydrogens is 997 g/mol. The van der Waals surface area contributed by atoms with Crippen molar-refractivity contribution in [1.29, 1.82) is 0 Å². The van der Waals surface area contributed by atoms with Gasteiger partial charge in [0.05, 0.1) is 0 Å². The molecule has 0 aliphatic carbocycles. The summed E-state index contributed by atoms with van der Waals surface area (Å²) in [6, 6.07) is 0. The van der Waals surface area contributed by atoms with Crippen LogP contribution in [0.1, 0.15) is 419 Å². The molecule has 0 aliphatic rings. The van der Waals surface area contributed by atoms with E-state index >= 15 is 0 Å². The zero-order valence-electron chi connectivity index (χ0n) is 55.1. The molecule has 0 spiro atoms. The zero-order chi connectivity index (χ0) is 58.5. The molecule has 0 fully saturated rings. The van der Waals surface area contributed by atoms with Gasteiger partial charge in [-0.2, -0.15) is 0 Å². The van der Waals surface area contributed by atoms with E-state index < -0.39 is 6.10 Å². The van der Waals surface area contributed by atoms with Crippen LogP contribution in [-0.4, -0.2) is 37.2 Å². The fraction of sp³-hybridized carbons (Fsp3) is 0.907. The molecule has 0 saturated carbocycles. The summed E-state index contributed by atoms with van der Waals surface area (Å²) in [6.07, 6.45) is 86.6. The summed E-state index contributed by atoms with van der Waals surface area (Å²) in [6.45, 7) is 6.69. The Morgan fingerprint density at radius 2 is 0.407 bits per heavy atom. The van der Waals surface area contributed by atoms with Crippen LogP contribution < -0.4 is 0 Å². The van der Waals surface area contributed by atoms with Crippen LogP contribution in [0.3, 0.4) is 0 Å². The number of unbranched alkanes of at least 4 members (excludes halogenated alkanes) is 54. The molecule has 0 aromatic rings. The van der Waals surface area contributed by atoms with Gasteiger partial charge in [0, 0.05) is 19.3 Å². The predicted molar refractivity (Wildman–Crippen MR) is 353 cm³/mol. The number of esters is 3. The van der Waals surface area contributed by atoms with Crippen molar-refractivity contribution in [3.8, 4) is 0 Å². The molecular formula is C75H142O6. The van der Waals surface area contributed by atoms with Crippen molar-refractivity contribution in [2.24, 2.45) is 0 Å². The number of rotatable bonds is 69. The predicted octanol–water partition coefficient (Wildman–Crippen LogP) is 25.3. The fourth-order valence-corrected chi connectivity index (χ4v) is 11.4. The summed E-state index contributed by atoms with van der Waals surface area (Å²) in [5.74, 6) is -0.844. The van der Waals surface area contributed by atoms with Gasteiger partial charge < -0.3 is 14.2 Å². The summed E-state index contributed by atoms with van der Waals surface area (Å²) in [7, 11) is 0. The Bertz CT molecular complexity index is 1310. The monoisotopic (exact) mass is 1140 g/mol. The summed E-state index contributed by atoms with van der Waals surface area (Å²) in [5, 5.41) is 0. The van der Waals surface area contributed by atoms with Gasteiger partial charge in [-0.1, -0.05) is 353 Å². The minimum absolute atomic E-state index is 0.0675. The van der Waals surface area contributed by atoms with Gasteiger partial charge in [-0.3, -0.25) is 14.4 Å². The van der Waals surface area contributed by atoms with Gasteiger partial charge in [-0.15, -0.1) is 0 Å². The fourth-order valence-electron chi connectivity index (χ4n) is 11.4. The third kappa shape index (κ3) is 68.6. The minimum Gasteiger partial charge on any atom is -0.462 e. The molecule has 0 radical (unpaired) electrons. The maximum atomic E-state index is 13.0. The second-order valence-electron chi connectivity index (χ2n) is 25.2. The lowest BCUT2D eigenvalue weighted by Crippen LogP contribution is -2.30. The summed E-state index contributed by atoms with van der Waals surface area (Å²) in [4.78, 5) is 38.4. The normalized spacial score (nSPS) is 12.1. The highest BCUT2D eigenvalue weighted by Gasteiger charge is 2.20. The van der Waals surface area contributed by atoms with E-state index in [1.807, 2.05) is 0 Å². The first kappa shape index (κ1) is 78.9. The molecule has 6 nitrogen and oxygen atoms in total. The van der Waals surface area contributed by atoms with Crippen LogP contribution >= 0.6 is 0 Å². The number of hydrogen-bond donors (Lipinski definition) is 0. The number of hydrogen-bond acceptors (Lipinski definition) is 6. The van der Waals surface area contributed by atoms with E-state index in [0.29, 0.717) is 19.3 Å². The van der Waals surface area contributed by atoms with Crippen LogP contribution in [0.2, 0.25) is 0 Å². The average molecular weight is 1140 g/mol. The first-order chi connectivity index (χ1) is 40.0. The van der Waals surface area contributed by atoms with Crippen LogP contribution in [0.15, 0.2) is 24.3 Å². The molecule has 0 bridgehead atoms. The molecule has 0 aromatic heterocycles. The SMILES string of the molecule is CCCCC/C=C\CCCCCCCC(=O)OCC(COC(=O)CCCCCCCCCCCCCCCCCCC/C=C\CCCCCCCCCC)OC(=O)CCCCCCCCCCCCCCCCCCCCCCCC.